The molecule has 0 aliphatic carbocycles. The molecule has 0 bridgehead atoms. The Labute approximate surface area is 172 Å². The monoisotopic (exact) mass is 402 g/mol. The van der Waals surface area contributed by atoms with Crippen molar-refractivity contribution in [1.82, 2.24) is 15.0 Å². The molecular weight excluding hydrogens is 383 g/mol. The number of nitrogens with zero attached hydrogens (tertiary/aromatic N) is 2. The van der Waals surface area contributed by atoms with Gasteiger partial charge in [0.1, 0.15) is 5.82 Å². The van der Waals surface area contributed by atoms with Crippen LogP contribution in [-0.4, -0.2) is 21.0 Å². The molecular formula is C22H19FN6O. The highest BCUT2D eigenvalue weighted by atomic mass is 19.1. The van der Waals surface area contributed by atoms with E-state index >= 15 is 0 Å². The summed E-state index contributed by atoms with van der Waals surface area (Å²) in [6.07, 6.45) is 5.18. The van der Waals surface area contributed by atoms with Gasteiger partial charge in [0.05, 0.1) is 11.9 Å². The normalized spacial score (nSPS) is 10.5. The molecule has 2 aromatic heterocycles. The lowest BCUT2D eigenvalue weighted by Crippen LogP contribution is -2.19. The number of carbonyl (C=O) groups excluding carboxylic acids is 1. The lowest BCUT2D eigenvalue weighted by atomic mass is 10.2. The van der Waals surface area contributed by atoms with Crippen molar-refractivity contribution in [1.29, 1.82) is 0 Å². The minimum Gasteiger partial charge on any atom is -0.325 e. The smallest absolute Gasteiger partial charge is 0.323 e. The van der Waals surface area contributed by atoms with E-state index in [1.54, 1.807) is 24.7 Å². The van der Waals surface area contributed by atoms with Crippen LogP contribution in [0.25, 0.3) is 11.3 Å². The van der Waals surface area contributed by atoms with Gasteiger partial charge in [-0.15, -0.1) is 0 Å². The van der Waals surface area contributed by atoms with Crippen molar-refractivity contribution in [3.8, 4) is 11.3 Å². The molecule has 2 aromatic carbocycles. The van der Waals surface area contributed by atoms with Gasteiger partial charge in [-0.2, -0.15) is 0 Å². The van der Waals surface area contributed by atoms with Crippen molar-refractivity contribution in [3.05, 3.63) is 84.6 Å². The molecule has 0 radical (unpaired) electrons. The Kier molecular flexibility index (Phi) is 5.38. The van der Waals surface area contributed by atoms with Crippen LogP contribution in [0.1, 0.15) is 5.56 Å². The molecule has 150 valence electrons. The first kappa shape index (κ1) is 19.1. The first-order valence-corrected chi connectivity index (χ1v) is 9.23. The number of carbonyl (C=O) groups is 1. The van der Waals surface area contributed by atoms with Gasteiger partial charge in [0.15, 0.2) is 0 Å². The predicted octanol–water partition coefficient (Wildman–Crippen LogP) is 5.31. The molecule has 8 heteroatoms. The minimum atomic E-state index is -0.422. The maximum absolute atomic E-state index is 13.0. The van der Waals surface area contributed by atoms with Gasteiger partial charge >= 0.3 is 6.03 Å². The standard InChI is InChI=1S/C22H19FN6O/c1-14-2-5-18(27-22(30)26-17-6-3-16(23)4-7-17)12-19(14)28-21-25-13-20(29-21)15-8-10-24-11-9-15/h2-13H,1H3,(H2,25,28,29)(H2,26,27,30). The van der Waals surface area contributed by atoms with Crippen LogP contribution in [0.4, 0.5) is 32.2 Å². The molecule has 4 rings (SSSR count). The molecule has 0 atom stereocenters. The summed E-state index contributed by atoms with van der Waals surface area (Å²) in [5, 5.41) is 8.67. The number of anilines is 4. The molecule has 4 N–H and O–H groups in total. The Hall–Kier alpha value is -4.20. The second-order valence-electron chi connectivity index (χ2n) is 6.62. The number of imidazole rings is 1. The number of amides is 2. The first-order valence-electron chi connectivity index (χ1n) is 9.23. The number of H-pyrrole nitrogens is 1. The van der Waals surface area contributed by atoms with E-state index in [0.717, 1.165) is 22.5 Å². The van der Waals surface area contributed by atoms with E-state index in [-0.39, 0.29) is 5.82 Å². The quantitative estimate of drug-likeness (QED) is 0.364. The maximum Gasteiger partial charge on any atom is 0.323 e. The van der Waals surface area contributed by atoms with E-state index < -0.39 is 6.03 Å². The number of benzene rings is 2. The fourth-order valence-corrected chi connectivity index (χ4v) is 2.85. The largest absolute Gasteiger partial charge is 0.325 e. The molecule has 0 spiro atoms. The molecule has 0 aliphatic rings. The number of hydrogen-bond acceptors (Lipinski definition) is 4. The molecule has 7 nitrogen and oxygen atoms in total. The lowest BCUT2D eigenvalue weighted by Gasteiger charge is -2.12. The Morgan fingerprint density at radius 1 is 0.967 bits per heavy atom. The zero-order valence-electron chi connectivity index (χ0n) is 16.1. The third-order valence-corrected chi connectivity index (χ3v) is 4.42. The van der Waals surface area contributed by atoms with Gasteiger partial charge in [0, 0.05) is 35.0 Å². The van der Waals surface area contributed by atoms with E-state index in [9.17, 15) is 9.18 Å². The average molecular weight is 402 g/mol. The van der Waals surface area contributed by atoms with Crippen LogP contribution >= 0.6 is 0 Å². The Morgan fingerprint density at radius 3 is 2.43 bits per heavy atom. The number of halogens is 1. The van der Waals surface area contributed by atoms with Gasteiger partial charge in [0.2, 0.25) is 5.95 Å². The highest BCUT2D eigenvalue weighted by molar-refractivity contribution is 6.00. The Bertz CT molecular complexity index is 1160. The van der Waals surface area contributed by atoms with Gasteiger partial charge < -0.3 is 20.9 Å². The summed E-state index contributed by atoms with van der Waals surface area (Å²) < 4.78 is 13.0. The summed E-state index contributed by atoms with van der Waals surface area (Å²) in [4.78, 5) is 23.8. The van der Waals surface area contributed by atoms with Crippen LogP contribution in [0.2, 0.25) is 0 Å². The number of aromatic amines is 1. The number of hydrogen-bond donors (Lipinski definition) is 4. The van der Waals surface area contributed by atoms with Gasteiger partial charge in [-0.3, -0.25) is 4.98 Å². The molecule has 2 heterocycles. The molecule has 0 fully saturated rings. The summed E-state index contributed by atoms with van der Waals surface area (Å²) in [5.74, 6) is 0.220. The maximum atomic E-state index is 13.0. The van der Waals surface area contributed by atoms with Crippen LogP contribution in [0.3, 0.4) is 0 Å². The van der Waals surface area contributed by atoms with Gasteiger partial charge in [-0.25, -0.2) is 14.2 Å². The van der Waals surface area contributed by atoms with Crippen LogP contribution in [-0.2, 0) is 0 Å². The summed E-state index contributed by atoms with van der Waals surface area (Å²) in [6, 6.07) is 14.4. The number of aryl methyl sites for hydroxylation is 1. The summed E-state index contributed by atoms with van der Waals surface area (Å²) in [7, 11) is 0. The molecule has 0 unspecified atom stereocenters. The second-order valence-corrected chi connectivity index (χ2v) is 6.62. The average Bonchev–Trinajstić information content (AvgIpc) is 3.21. The third-order valence-electron chi connectivity index (χ3n) is 4.42. The third kappa shape index (κ3) is 4.61. The number of urea groups is 1. The van der Waals surface area contributed by atoms with Crippen molar-refractivity contribution in [2.75, 3.05) is 16.0 Å². The topological polar surface area (TPSA) is 94.7 Å². The Morgan fingerprint density at radius 2 is 1.67 bits per heavy atom. The Balaban J connectivity index is 1.45. The molecule has 0 aliphatic heterocycles. The minimum absolute atomic E-state index is 0.361. The lowest BCUT2D eigenvalue weighted by molar-refractivity contribution is 0.262. The molecule has 0 saturated carbocycles. The molecule has 30 heavy (non-hydrogen) atoms. The fourth-order valence-electron chi connectivity index (χ4n) is 2.85. The first-order chi connectivity index (χ1) is 14.6. The molecule has 2 amide bonds. The molecule has 4 aromatic rings. The SMILES string of the molecule is Cc1ccc(NC(=O)Nc2ccc(F)cc2)cc1Nc1ncc(-c2ccncc2)[nH]1. The van der Waals surface area contributed by atoms with Crippen molar-refractivity contribution >= 4 is 29.0 Å². The van der Waals surface area contributed by atoms with E-state index in [0.29, 0.717) is 17.3 Å². The molecule has 0 saturated heterocycles. The van der Waals surface area contributed by atoms with E-state index in [2.05, 4.69) is 30.9 Å². The summed E-state index contributed by atoms with van der Waals surface area (Å²) in [5.41, 5.74) is 4.73. The number of pyridine rings is 1. The van der Waals surface area contributed by atoms with Crippen molar-refractivity contribution in [2.24, 2.45) is 0 Å². The number of aromatic nitrogens is 3. The van der Waals surface area contributed by atoms with Crippen molar-refractivity contribution in [3.63, 3.8) is 0 Å². The summed E-state index contributed by atoms with van der Waals surface area (Å²) >= 11 is 0. The second kappa shape index (κ2) is 8.44. The van der Waals surface area contributed by atoms with E-state index in [4.69, 9.17) is 0 Å². The van der Waals surface area contributed by atoms with Crippen molar-refractivity contribution < 1.29 is 9.18 Å². The van der Waals surface area contributed by atoms with Crippen LogP contribution in [0.5, 0.6) is 0 Å². The van der Waals surface area contributed by atoms with Gasteiger partial charge in [0.25, 0.3) is 0 Å². The highest BCUT2D eigenvalue weighted by Crippen LogP contribution is 2.25. The zero-order chi connectivity index (χ0) is 20.9. The van der Waals surface area contributed by atoms with Crippen LogP contribution < -0.4 is 16.0 Å². The van der Waals surface area contributed by atoms with Crippen molar-refractivity contribution in [2.45, 2.75) is 6.92 Å². The number of nitrogens with one attached hydrogen (secondary N) is 4. The van der Waals surface area contributed by atoms with Gasteiger partial charge in [-0.05, 0) is 61.0 Å². The highest BCUT2D eigenvalue weighted by Gasteiger charge is 2.08. The predicted molar refractivity (Wildman–Crippen MR) is 115 cm³/mol. The van der Waals surface area contributed by atoms with E-state index in [1.807, 2.05) is 31.2 Å². The summed E-state index contributed by atoms with van der Waals surface area (Å²) in [6.45, 7) is 1.96. The van der Waals surface area contributed by atoms with Crippen LogP contribution in [0.15, 0.2) is 73.2 Å². The van der Waals surface area contributed by atoms with Gasteiger partial charge in [-0.1, -0.05) is 6.07 Å². The zero-order valence-corrected chi connectivity index (χ0v) is 16.1. The number of rotatable bonds is 5. The van der Waals surface area contributed by atoms with Crippen LogP contribution in [0, 0.1) is 12.7 Å². The fraction of sp³-hybridized carbons (Fsp3) is 0.0455. The van der Waals surface area contributed by atoms with E-state index in [1.165, 1.54) is 24.3 Å².